The van der Waals surface area contributed by atoms with E-state index in [2.05, 4.69) is 10.2 Å². The van der Waals surface area contributed by atoms with Gasteiger partial charge in [0.2, 0.25) is 0 Å². The van der Waals surface area contributed by atoms with Gasteiger partial charge in [0.05, 0.1) is 28.9 Å². The summed E-state index contributed by atoms with van der Waals surface area (Å²) in [6, 6.07) is 4.79. The van der Waals surface area contributed by atoms with Crippen molar-refractivity contribution in [2.45, 2.75) is 0 Å². The van der Waals surface area contributed by atoms with E-state index in [9.17, 15) is 4.79 Å². The third-order valence-electron chi connectivity index (χ3n) is 1.92. The largest absolute Gasteiger partial charge is 0.478 e. The fourth-order valence-electron chi connectivity index (χ4n) is 1.29. The van der Waals surface area contributed by atoms with E-state index >= 15 is 0 Å². The molecular weight excluding hydrogens is 182 g/mol. The molecule has 0 saturated carbocycles. The Morgan fingerprint density at radius 2 is 2.36 bits per heavy atom. The minimum Gasteiger partial charge on any atom is -0.478 e. The van der Waals surface area contributed by atoms with Gasteiger partial charge in [-0.15, -0.1) is 0 Å². The number of fused-ring (bicyclic) bond motifs is 1. The Bertz CT molecular complexity index is 551. The van der Waals surface area contributed by atoms with Gasteiger partial charge in [0, 0.05) is 5.39 Å². The van der Waals surface area contributed by atoms with Crippen LogP contribution >= 0.6 is 0 Å². The quantitative estimate of drug-likeness (QED) is 0.700. The molecule has 0 unspecified atom stereocenters. The summed E-state index contributed by atoms with van der Waals surface area (Å²) in [7, 11) is 0. The molecule has 5 nitrogen and oxygen atoms in total. The van der Waals surface area contributed by atoms with E-state index in [-0.39, 0.29) is 5.56 Å². The van der Waals surface area contributed by atoms with Crippen LogP contribution in [0.4, 0.5) is 0 Å². The number of hydrogen-bond donors (Lipinski definition) is 2. The van der Waals surface area contributed by atoms with Crippen LogP contribution in [-0.2, 0) is 0 Å². The summed E-state index contributed by atoms with van der Waals surface area (Å²) in [4.78, 5) is 10.8. The summed E-state index contributed by atoms with van der Waals surface area (Å²) in [6.07, 6.45) is 1.43. The zero-order valence-electron chi connectivity index (χ0n) is 6.98. The Labute approximate surface area is 78.6 Å². The highest BCUT2D eigenvalue weighted by molar-refractivity contribution is 6.02. The third kappa shape index (κ3) is 1.10. The molecule has 1 aromatic carbocycles. The molecule has 0 spiro atoms. The summed E-state index contributed by atoms with van der Waals surface area (Å²) in [5.41, 5.74) is 0.952. The molecule has 0 atom stereocenters. The van der Waals surface area contributed by atoms with Crippen molar-refractivity contribution >= 4 is 16.9 Å². The Kier molecular flexibility index (Phi) is 1.68. The van der Waals surface area contributed by atoms with Gasteiger partial charge < -0.3 is 5.11 Å². The Morgan fingerprint density at radius 3 is 3.00 bits per heavy atom. The van der Waals surface area contributed by atoms with Crippen molar-refractivity contribution in [1.82, 2.24) is 10.2 Å². The predicted octanol–water partition coefficient (Wildman–Crippen LogP) is 1.13. The summed E-state index contributed by atoms with van der Waals surface area (Å²) in [6.45, 7) is 0. The Balaban J connectivity index is 2.85. The summed E-state index contributed by atoms with van der Waals surface area (Å²) < 4.78 is 0. The van der Waals surface area contributed by atoms with Crippen LogP contribution in [0, 0.1) is 11.3 Å². The number of hydrogen-bond acceptors (Lipinski definition) is 3. The molecule has 2 rings (SSSR count). The lowest BCUT2D eigenvalue weighted by atomic mass is 10.1. The van der Waals surface area contributed by atoms with Gasteiger partial charge in [0.1, 0.15) is 0 Å². The molecule has 0 amide bonds. The van der Waals surface area contributed by atoms with Crippen molar-refractivity contribution in [2.75, 3.05) is 0 Å². The first-order valence-electron chi connectivity index (χ1n) is 3.83. The minimum absolute atomic E-state index is 0.0906. The first-order valence-corrected chi connectivity index (χ1v) is 3.83. The zero-order valence-corrected chi connectivity index (χ0v) is 6.98. The van der Waals surface area contributed by atoms with Crippen molar-refractivity contribution in [1.29, 1.82) is 5.26 Å². The highest BCUT2D eigenvalue weighted by Crippen LogP contribution is 2.18. The number of H-pyrrole nitrogens is 1. The van der Waals surface area contributed by atoms with Crippen LogP contribution in [0.2, 0.25) is 0 Å². The number of carboxylic acids is 1. The van der Waals surface area contributed by atoms with Gasteiger partial charge >= 0.3 is 5.97 Å². The number of carboxylic acid groups (broad SMARTS) is 1. The van der Waals surface area contributed by atoms with Crippen LogP contribution in [0.3, 0.4) is 0 Å². The number of nitriles is 1. The standard InChI is InChI=1S/C9H5N3O2/c10-3-5-1-6(9(13)14)7-4-11-12-8(7)2-5/h1-2,4H,(H,11,12)(H,13,14). The van der Waals surface area contributed by atoms with Crippen molar-refractivity contribution in [3.8, 4) is 6.07 Å². The van der Waals surface area contributed by atoms with Crippen LogP contribution in [0.5, 0.6) is 0 Å². The molecule has 68 valence electrons. The smallest absolute Gasteiger partial charge is 0.336 e. The second-order valence-corrected chi connectivity index (χ2v) is 2.77. The number of nitrogens with zero attached hydrogens (tertiary/aromatic N) is 2. The average molecular weight is 187 g/mol. The minimum atomic E-state index is -1.06. The van der Waals surface area contributed by atoms with Crippen LogP contribution < -0.4 is 0 Å². The second kappa shape index (κ2) is 2.85. The molecular formula is C9H5N3O2. The third-order valence-corrected chi connectivity index (χ3v) is 1.92. The maximum absolute atomic E-state index is 10.8. The maximum Gasteiger partial charge on any atom is 0.336 e. The van der Waals surface area contributed by atoms with Crippen LogP contribution in [0.15, 0.2) is 18.3 Å². The molecule has 0 bridgehead atoms. The van der Waals surface area contributed by atoms with Crippen LogP contribution in [0.1, 0.15) is 15.9 Å². The molecule has 0 aliphatic rings. The van der Waals surface area contributed by atoms with Gasteiger partial charge in [0.25, 0.3) is 0 Å². The first kappa shape index (κ1) is 8.26. The zero-order chi connectivity index (χ0) is 10.1. The molecule has 0 saturated heterocycles. The van der Waals surface area contributed by atoms with E-state index in [0.29, 0.717) is 16.5 Å². The van der Waals surface area contributed by atoms with E-state index in [4.69, 9.17) is 10.4 Å². The molecule has 0 aliphatic heterocycles. The van der Waals surface area contributed by atoms with Crippen molar-refractivity contribution in [2.24, 2.45) is 0 Å². The second-order valence-electron chi connectivity index (χ2n) is 2.77. The van der Waals surface area contributed by atoms with Crippen molar-refractivity contribution < 1.29 is 9.90 Å². The van der Waals surface area contributed by atoms with E-state index in [1.54, 1.807) is 6.07 Å². The fourth-order valence-corrected chi connectivity index (χ4v) is 1.29. The Morgan fingerprint density at radius 1 is 1.57 bits per heavy atom. The normalized spacial score (nSPS) is 9.93. The molecule has 1 aromatic heterocycles. The first-order chi connectivity index (χ1) is 6.72. The molecule has 2 aromatic rings. The molecule has 1 heterocycles. The number of nitrogens with one attached hydrogen (secondary N) is 1. The lowest BCUT2D eigenvalue weighted by Gasteiger charge is -1.96. The van der Waals surface area contributed by atoms with Gasteiger partial charge in [-0.2, -0.15) is 10.4 Å². The SMILES string of the molecule is N#Cc1cc(C(=O)O)c2cn[nH]c2c1. The molecule has 2 N–H and O–H groups in total. The van der Waals surface area contributed by atoms with Gasteiger partial charge in [-0.3, -0.25) is 5.10 Å². The van der Waals surface area contributed by atoms with Gasteiger partial charge in [-0.05, 0) is 12.1 Å². The summed E-state index contributed by atoms with van der Waals surface area (Å²) >= 11 is 0. The highest BCUT2D eigenvalue weighted by Gasteiger charge is 2.11. The van der Waals surface area contributed by atoms with Crippen molar-refractivity contribution in [3.63, 3.8) is 0 Å². The number of aromatic carboxylic acids is 1. The molecule has 0 fully saturated rings. The average Bonchev–Trinajstić information content (AvgIpc) is 2.63. The highest BCUT2D eigenvalue weighted by atomic mass is 16.4. The number of benzene rings is 1. The lowest BCUT2D eigenvalue weighted by Crippen LogP contribution is -1.97. The maximum atomic E-state index is 10.8. The molecule has 0 radical (unpaired) electrons. The number of carbonyl (C=O) groups is 1. The number of aromatic nitrogens is 2. The van der Waals surface area contributed by atoms with E-state index in [1.807, 2.05) is 6.07 Å². The van der Waals surface area contributed by atoms with Gasteiger partial charge in [-0.1, -0.05) is 0 Å². The molecule has 0 aliphatic carbocycles. The van der Waals surface area contributed by atoms with Crippen molar-refractivity contribution in [3.05, 3.63) is 29.5 Å². The van der Waals surface area contributed by atoms with E-state index < -0.39 is 5.97 Å². The van der Waals surface area contributed by atoms with Crippen LogP contribution in [0.25, 0.3) is 10.9 Å². The topological polar surface area (TPSA) is 89.8 Å². The van der Waals surface area contributed by atoms with Gasteiger partial charge in [-0.25, -0.2) is 4.79 Å². The molecule has 14 heavy (non-hydrogen) atoms. The van der Waals surface area contributed by atoms with Gasteiger partial charge in [0.15, 0.2) is 0 Å². The predicted molar refractivity (Wildman–Crippen MR) is 47.8 cm³/mol. The fraction of sp³-hybridized carbons (Fsp3) is 0. The Hall–Kier alpha value is -2.35. The summed E-state index contributed by atoms with van der Waals surface area (Å²) in [5.74, 6) is -1.06. The van der Waals surface area contributed by atoms with E-state index in [0.717, 1.165) is 0 Å². The number of aromatic amines is 1. The summed E-state index contributed by atoms with van der Waals surface area (Å²) in [5, 5.41) is 24.4. The number of rotatable bonds is 1. The molecule has 5 heteroatoms. The van der Waals surface area contributed by atoms with E-state index in [1.165, 1.54) is 12.3 Å². The van der Waals surface area contributed by atoms with Crippen LogP contribution in [-0.4, -0.2) is 21.3 Å². The monoisotopic (exact) mass is 187 g/mol. The lowest BCUT2D eigenvalue weighted by molar-refractivity contribution is 0.0699.